The van der Waals surface area contributed by atoms with Crippen LogP contribution in [0.15, 0.2) is 58.9 Å². The Morgan fingerprint density at radius 3 is 2.60 bits per heavy atom. The fourth-order valence-electron chi connectivity index (χ4n) is 3.47. The van der Waals surface area contributed by atoms with Crippen LogP contribution in [0.4, 0.5) is 5.13 Å². The van der Waals surface area contributed by atoms with E-state index in [4.69, 9.17) is 11.6 Å². The number of nitrogens with zero attached hydrogens (tertiary/aromatic N) is 3. The molecule has 1 fully saturated rings. The number of anilines is 1. The minimum Gasteiger partial charge on any atom is -0.300 e. The predicted molar refractivity (Wildman–Crippen MR) is 124 cm³/mol. The Bertz CT molecular complexity index is 974. The van der Waals surface area contributed by atoms with Gasteiger partial charge in [0.1, 0.15) is 0 Å². The Morgan fingerprint density at radius 2 is 1.83 bits per heavy atom. The Morgan fingerprint density at radius 1 is 1.10 bits per heavy atom. The molecule has 2 heterocycles. The second kappa shape index (κ2) is 10.4. The molecular formula is C22H23ClN4OS2. The normalized spacial score (nSPS) is 15.2. The van der Waals surface area contributed by atoms with Crippen molar-refractivity contribution in [1.82, 2.24) is 15.1 Å². The standard InChI is InChI=1S/C22H23ClN4OS2/c23-19-9-5-4-8-18(19)14-27-12-10-17(11-13-27)20(28)24-21-25-26-22(30-21)29-15-16-6-2-1-3-7-16/h1-9,17H,10-15H2,(H,24,25,28). The fourth-order valence-corrected chi connectivity index (χ4v) is 5.37. The number of hydrogen-bond acceptors (Lipinski definition) is 6. The lowest BCUT2D eigenvalue weighted by Gasteiger charge is -2.31. The van der Waals surface area contributed by atoms with Crippen molar-refractivity contribution in [3.63, 3.8) is 0 Å². The second-order valence-electron chi connectivity index (χ2n) is 7.28. The van der Waals surface area contributed by atoms with Crippen molar-refractivity contribution in [2.45, 2.75) is 29.5 Å². The lowest BCUT2D eigenvalue weighted by Crippen LogP contribution is -2.37. The third-order valence-corrected chi connectivity index (χ3v) is 7.56. The average molecular weight is 459 g/mol. The van der Waals surface area contributed by atoms with E-state index in [0.717, 1.165) is 53.2 Å². The summed E-state index contributed by atoms with van der Waals surface area (Å²) in [5.41, 5.74) is 2.38. The minimum atomic E-state index is 0.0109. The van der Waals surface area contributed by atoms with Crippen molar-refractivity contribution in [3.05, 3.63) is 70.7 Å². The highest BCUT2D eigenvalue weighted by Gasteiger charge is 2.26. The van der Waals surface area contributed by atoms with E-state index >= 15 is 0 Å². The molecule has 0 atom stereocenters. The highest BCUT2D eigenvalue weighted by molar-refractivity contribution is 8.00. The monoisotopic (exact) mass is 458 g/mol. The van der Waals surface area contributed by atoms with Gasteiger partial charge in [0.25, 0.3) is 0 Å². The van der Waals surface area contributed by atoms with Crippen LogP contribution in [0.1, 0.15) is 24.0 Å². The van der Waals surface area contributed by atoms with Crippen molar-refractivity contribution in [2.75, 3.05) is 18.4 Å². The van der Waals surface area contributed by atoms with E-state index in [9.17, 15) is 4.79 Å². The van der Waals surface area contributed by atoms with Crippen LogP contribution in [0.2, 0.25) is 5.02 Å². The predicted octanol–water partition coefficient (Wildman–Crippen LogP) is 5.33. The molecule has 1 amide bonds. The van der Waals surface area contributed by atoms with E-state index in [0.29, 0.717) is 5.13 Å². The van der Waals surface area contributed by atoms with Crippen LogP contribution < -0.4 is 5.32 Å². The highest BCUT2D eigenvalue weighted by Crippen LogP contribution is 2.29. The van der Waals surface area contributed by atoms with E-state index < -0.39 is 0 Å². The number of thioether (sulfide) groups is 1. The molecule has 1 N–H and O–H groups in total. The number of likely N-dealkylation sites (tertiary alicyclic amines) is 1. The van der Waals surface area contributed by atoms with Gasteiger partial charge in [0.05, 0.1) is 0 Å². The van der Waals surface area contributed by atoms with Gasteiger partial charge in [-0.15, -0.1) is 10.2 Å². The van der Waals surface area contributed by atoms with Crippen molar-refractivity contribution in [1.29, 1.82) is 0 Å². The number of halogens is 1. The number of aromatic nitrogens is 2. The maximum absolute atomic E-state index is 12.7. The molecule has 0 aliphatic carbocycles. The number of amides is 1. The molecule has 1 saturated heterocycles. The van der Waals surface area contributed by atoms with Gasteiger partial charge in [-0.1, -0.05) is 83.2 Å². The molecule has 2 aromatic carbocycles. The van der Waals surface area contributed by atoms with Crippen molar-refractivity contribution >= 4 is 45.7 Å². The van der Waals surface area contributed by atoms with Gasteiger partial charge in [0.2, 0.25) is 11.0 Å². The first-order valence-electron chi connectivity index (χ1n) is 9.94. The SMILES string of the molecule is O=C(Nc1nnc(SCc2ccccc2)s1)C1CCN(Cc2ccccc2Cl)CC1. The van der Waals surface area contributed by atoms with Crippen LogP contribution in [-0.4, -0.2) is 34.1 Å². The lowest BCUT2D eigenvalue weighted by molar-refractivity contribution is -0.121. The van der Waals surface area contributed by atoms with Gasteiger partial charge in [-0.2, -0.15) is 0 Å². The topological polar surface area (TPSA) is 58.1 Å². The van der Waals surface area contributed by atoms with E-state index in [1.165, 1.54) is 16.9 Å². The zero-order valence-electron chi connectivity index (χ0n) is 16.5. The maximum atomic E-state index is 12.7. The molecule has 3 aromatic rings. The summed E-state index contributed by atoms with van der Waals surface area (Å²) < 4.78 is 0.865. The van der Waals surface area contributed by atoms with Crippen LogP contribution >= 0.6 is 34.7 Å². The number of piperidine rings is 1. The Balaban J connectivity index is 1.23. The third kappa shape index (κ3) is 5.82. The first kappa shape index (κ1) is 21.3. The number of carbonyl (C=O) groups excluding carboxylic acids is 1. The van der Waals surface area contributed by atoms with Gasteiger partial charge in [-0.25, -0.2) is 0 Å². The van der Waals surface area contributed by atoms with E-state index in [1.54, 1.807) is 11.8 Å². The van der Waals surface area contributed by atoms with Crippen LogP contribution in [-0.2, 0) is 17.1 Å². The smallest absolute Gasteiger partial charge is 0.229 e. The van der Waals surface area contributed by atoms with Gasteiger partial charge in [0, 0.05) is 23.2 Å². The van der Waals surface area contributed by atoms with Gasteiger partial charge < -0.3 is 5.32 Å². The molecule has 4 rings (SSSR count). The second-order valence-corrected chi connectivity index (χ2v) is 9.89. The summed E-state index contributed by atoms with van der Waals surface area (Å²) in [6.07, 6.45) is 1.68. The largest absolute Gasteiger partial charge is 0.300 e. The first-order chi connectivity index (χ1) is 14.7. The number of hydrogen-bond donors (Lipinski definition) is 1. The summed E-state index contributed by atoms with van der Waals surface area (Å²) in [6.45, 7) is 2.60. The van der Waals surface area contributed by atoms with Gasteiger partial charge in [-0.05, 0) is 43.1 Å². The summed E-state index contributed by atoms with van der Waals surface area (Å²) >= 11 is 9.34. The summed E-state index contributed by atoms with van der Waals surface area (Å²) in [5.74, 6) is 0.896. The quantitative estimate of drug-likeness (QED) is 0.382. The van der Waals surface area contributed by atoms with E-state index in [2.05, 4.69) is 38.6 Å². The lowest BCUT2D eigenvalue weighted by atomic mass is 9.95. The van der Waals surface area contributed by atoms with Gasteiger partial charge >= 0.3 is 0 Å². The van der Waals surface area contributed by atoms with E-state index in [1.807, 2.05) is 36.4 Å². The van der Waals surface area contributed by atoms with Crippen molar-refractivity contribution in [3.8, 4) is 0 Å². The summed E-state index contributed by atoms with van der Waals surface area (Å²) in [7, 11) is 0. The molecule has 156 valence electrons. The maximum Gasteiger partial charge on any atom is 0.229 e. The zero-order valence-corrected chi connectivity index (χ0v) is 18.8. The highest BCUT2D eigenvalue weighted by atomic mass is 35.5. The molecule has 8 heteroatoms. The molecule has 1 aromatic heterocycles. The average Bonchev–Trinajstić information content (AvgIpc) is 3.22. The van der Waals surface area contributed by atoms with Crippen LogP contribution in [0.25, 0.3) is 0 Å². The molecule has 0 saturated carbocycles. The minimum absolute atomic E-state index is 0.0109. The number of carbonyl (C=O) groups is 1. The Hall–Kier alpha value is -1.93. The number of benzene rings is 2. The molecule has 0 spiro atoms. The van der Waals surface area contributed by atoms with Crippen LogP contribution in [0, 0.1) is 5.92 Å². The summed E-state index contributed by atoms with van der Waals surface area (Å²) in [4.78, 5) is 15.0. The molecule has 5 nitrogen and oxygen atoms in total. The number of nitrogens with one attached hydrogen (secondary N) is 1. The molecule has 0 radical (unpaired) electrons. The summed E-state index contributed by atoms with van der Waals surface area (Å²) in [5, 5.41) is 12.7. The van der Waals surface area contributed by atoms with Crippen LogP contribution in [0.3, 0.4) is 0 Å². The van der Waals surface area contributed by atoms with Gasteiger partial charge in [-0.3, -0.25) is 9.69 Å². The first-order valence-corrected chi connectivity index (χ1v) is 12.1. The molecule has 0 bridgehead atoms. The fraction of sp³-hybridized carbons (Fsp3) is 0.318. The summed E-state index contributed by atoms with van der Waals surface area (Å²) in [6, 6.07) is 18.2. The molecule has 1 aliphatic heterocycles. The van der Waals surface area contributed by atoms with Crippen LogP contribution in [0.5, 0.6) is 0 Å². The molecule has 0 unspecified atom stereocenters. The van der Waals surface area contributed by atoms with Gasteiger partial charge in [0.15, 0.2) is 4.34 Å². The Labute approximate surface area is 189 Å². The van der Waals surface area contributed by atoms with Crippen molar-refractivity contribution < 1.29 is 4.79 Å². The third-order valence-electron chi connectivity index (χ3n) is 5.15. The number of rotatable bonds is 7. The van der Waals surface area contributed by atoms with E-state index in [-0.39, 0.29) is 11.8 Å². The Kier molecular flexibility index (Phi) is 7.38. The molecule has 1 aliphatic rings. The zero-order chi connectivity index (χ0) is 20.8. The molecule has 30 heavy (non-hydrogen) atoms. The van der Waals surface area contributed by atoms with Crippen molar-refractivity contribution in [2.24, 2.45) is 5.92 Å². The molecular weight excluding hydrogens is 436 g/mol.